The molecule has 0 radical (unpaired) electrons. The Morgan fingerprint density at radius 3 is 2.92 bits per heavy atom. The van der Waals surface area contributed by atoms with Crippen molar-refractivity contribution >= 4 is 10.0 Å². The van der Waals surface area contributed by atoms with Gasteiger partial charge in [-0.1, -0.05) is 12.1 Å². The van der Waals surface area contributed by atoms with Crippen molar-refractivity contribution in [3.63, 3.8) is 0 Å². The molecule has 0 atom stereocenters. The first-order valence-electron chi connectivity index (χ1n) is 3.81. The summed E-state index contributed by atoms with van der Waals surface area (Å²) in [5.74, 6) is 0.405. The maximum absolute atomic E-state index is 11.4. The minimum atomic E-state index is -3.32. The summed E-state index contributed by atoms with van der Waals surface area (Å²) in [7, 11) is -1.86. The maximum Gasteiger partial charge on any atom is 0.244 e. The van der Waals surface area contributed by atoms with E-state index >= 15 is 0 Å². The van der Waals surface area contributed by atoms with E-state index in [1.807, 2.05) is 0 Å². The summed E-state index contributed by atoms with van der Waals surface area (Å²) >= 11 is 0. The fourth-order valence-electron chi connectivity index (χ4n) is 1.41. The van der Waals surface area contributed by atoms with E-state index in [9.17, 15) is 8.42 Å². The van der Waals surface area contributed by atoms with Gasteiger partial charge in [0, 0.05) is 6.54 Å². The molecular formula is C8H9NO3S. The molecule has 1 aliphatic heterocycles. The van der Waals surface area contributed by atoms with Crippen LogP contribution in [0.5, 0.6) is 5.75 Å². The first-order valence-corrected chi connectivity index (χ1v) is 5.29. The van der Waals surface area contributed by atoms with E-state index in [0.717, 1.165) is 5.56 Å². The van der Waals surface area contributed by atoms with E-state index in [2.05, 4.69) is 4.72 Å². The highest BCUT2D eigenvalue weighted by Gasteiger charge is 2.28. The highest BCUT2D eigenvalue weighted by molar-refractivity contribution is 7.89. The Morgan fingerprint density at radius 2 is 2.23 bits per heavy atom. The number of methoxy groups -OCH3 is 1. The van der Waals surface area contributed by atoms with Gasteiger partial charge in [0.25, 0.3) is 0 Å². The lowest BCUT2D eigenvalue weighted by Crippen LogP contribution is -2.14. The second kappa shape index (κ2) is 2.71. The molecule has 13 heavy (non-hydrogen) atoms. The molecule has 2 rings (SSSR count). The van der Waals surface area contributed by atoms with Crippen LogP contribution in [0.1, 0.15) is 5.56 Å². The zero-order valence-electron chi connectivity index (χ0n) is 7.07. The van der Waals surface area contributed by atoms with Crippen LogP contribution in [0, 0.1) is 0 Å². The molecule has 1 aromatic carbocycles. The van der Waals surface area contributed by atoms with Crippen molar-refractivity contribution in [2.75, 3.05) is 7.11 Å². The minimum absolute atomic E-state index is 0.275. The van der Waals surface area contributed by atoms with Gasteiger partial charge in [0.15, 0.2) is 0 Å². The van der Waals surface area contributed by atoms with Gasteiger partial charge in [0.2, 0.25) is 10.0 Å². The van der Waals surface area contributed by atoms with Gasteiger partial charge < -0.3 is 4.74 Å². The number of hydrogen-bond donors (Lipinski definition) is 1. The van der Waals surface area contributed by atoms with Crippen LogP contribution in [0.2, 0.25) is 0 Å². The van der Waals surface area contributed by atoms with E-state index in [1.165, 1.54) is 7.11 Å². The predicted molar refractivity (Wildman–Crippen MR) is 47.0 cm³/mol. The first-order chi connectivity index (χ1) is 6.15. The monoisotopic (exact) mass is 199 g/mol. The van der Waals surface area contributed by atoms with Crippen LogP contribution >= 0.6 is 0 Å². The minimum Gasteiger partial charge on any atom is -0.495 e. The molecule has 0 amide bonds. The van der Waals surface area contributed by atoms with Crippen LogP contribution in [0.15, 0.2) is 23.1 Å². The summed E-state index contributed by atoms with van der Waals surface area (Å²) in [6, 6.07) is 5.19. The Bertz CT molecular complexity index is 439. The number of sulfonamides is 1. The lowest BCUT2D eigenvalue weighted by Gasteiger charge is -2.04. The number of fused-ring (bicyclic) bond motifs is 1. The molecule has 0 saturated heterocycles. The highest BCUT2D eigenvalue weighted by Crippen LogP contribution is 2.31. The quantitative estimate of drug-likeness (QED) is 0.716. The van der Waals surface area contributed by atoms with E-state index in [1.54, 1.807) is 18.2 Å². The van der Waals surface area contributed by atoms with E-state index in [0.29, 0.717) is 12.3 Å². The number of hydrogen-bond acceptors (Lipinski definition) is 3. The van der Waals surface area contributed by atoms with E-state index in [4.69, 9.17) is 4.74 Å². The Morgan fingerprint density at radius 1 is 1.46 bits per heavy atom. The van der Waals surface area contributed by atoms with Crippen molar-refractivity contribution in [2.45, 2.75) is 11.4 Å². The predicted octanol–water partition coefficient (Wildman–Crippen LogP) is 0.487. The van der Waals surface area contributed by atoms with Gasteiger partial charge >= 0.3 is 0 Å². The number of rotatable bonds is 1. The SMILES string of the molecule is COc1cccc2c1S(=O)(=O)NC2. The van der Waals surface area contributed by atoms with E-state index < -0.39 is 10.0 Å². The Hall–Kier alpha value is -1.07. The van der Waals surface area contributed by atoms with Crippen molar-refractivity contribution in [1.29, 1.82) is 0 Å². The summed E-state index contributed by atoms with van der Waals surface area (Å²) in [6.07, 6.45) is 0. The molecule has 1 aromatic rings. The second-order valence-electron chi connectivity index (χ2n) is 2.77. The summed E-state index contributed by atoms with van der Waals surface area (Å²) in [5.41, 5.74) is 0.763. The van der Waals surface area contributed by atoms with Crippen molar-refractivity contribution in [1.82, 2.24) is 4.72 Å². The van der Waals surface area contributed by atoms with Gasteiger partial charge in [-0.15, -0.1) is 0 Å². The van der Waals surface area contributed by atoms with Gasteiger partial charge in [-0.05, 0) is 11.6 Å². The van der Waals surface area contributed by atoms with Crippen LogP contribution in [0.25, 0.3) is 0 Å². The lowest BCUT2D eigenvalue weighted by molar-refractivity contribution is 0.402. The third-order valence-corrected chi connectivity index (χ3v) is 3.53. The van der Waals surface area contributed by atoms with Gasteiger partial charge in [0.05, 0.1) is 7.11 Å². The molecule has 0 fully saturated rings. The van der Waals surface area contributed by atoms with Gasteiger partial charge in [-0.25, -0.2) is 13.1 Å². The molecule has 4 nitrogen and oxygen atoms in total. The van der Waals surface area contributed by atoms with Crippen molar-refractivity contribution in [3.05, 3.63) is 23.8 Å². The van der Waals surface area contributed by atoms with Gasteiger partial charge in [-0.2, -0.15) is 0 Å². The number of ether oxygens (including phenoxy) is 1. The van der Waals surface area contributed by atoms with Crippen LogP contribution in [-0.4, -0.2) is 15.5 Å². The molecule has 0 bridgehead atoms. The Labute approximate surface area is 76.6 Å². The normalized spacial score (nSPS) is 18.2. The van der Waals surface area contributed by atoms with Gasteiger partial charge in [0.1, 0.15) is 10.6 Å². The Kier molecular flexibility index (Phi) is 1.78. The molecule has 1 N–H and O–H groups in total. The van der Waals surface area contributed by atoms with Crippen LogP contribution in [0.4, 0.5) is 0 Å². The van der Waals surface area contributed by atoms with Crippen LogP contribution < -0.4 is 9.46 Å². The van der Waals surface area contributed by atoms with E-state index in [-0.39, 0.29) is 4.90 Å². The molecule has 0 spiro atoms. The van der Waals surface area contributed by atoms with Crippen LogP contribution in [-0.2, 0) is 16.6 Å². The summed E-state index contributed by atoms with van der Waals surface area (Å²) in [6.45, 7) is 0.356. The van der Waals surface area contributed by atoms with Crippen molar-refractivity contribution in [2.24, 2.45) is 0 Å². The molecule has 1 aliphatic rings. The van der Waals surface area contributed by atoms with Crippen LogP contribution in [0.3, 0.4) is 0 Å². The first kappa shape index (κ1) is 8.52. The highest BCUT2D eigenvalue weighted by atomic mass is 32.2. The molecule has 0 aliphatic carbocycles. The van der Waals surface area contributed by atoms with Gasteiger partial charge in [-0.3, -0.25) is 0 Å². The zero-order chi connectivity index (χ0) is 9.47. The average Bonchev–Trinajstić information content (AvgIpc) is 2.43. The summed E-state index contributed by atoms with van der Waals surface area (Å²) in [4.78, 5) is 0.275. The third-order valence-electron chi connectivity index (χ3n) is 2.00. The second-order valence-corrected chi connectivity index (χ2v) is 4.48. The van der Waals surface area contributed by atoms with Crippen molar-refractivity contribution < 1.29 is 13.2 Å². The fraction of sp³-hybridized carbons (Fsp3) is 0.250. The Balaban J connectivity index is 2.74. The molecule has 0 aromatic heterocycles. The smallest absolute Gasteiger partial charge is 0.244 e. The molecule has 70 valence electrons. The summed E-state index contributed by atoms with van der Waals surface area (Å²) < 4.78 is 30.3. The molecule has 5 heteroatoms. The topological polar surface area (TPSA) is 55.4 Å². The molecule has 1 heterocycles. The fourth-order valence-corrected chi connectivity index (χ4v) is 2.80. The molecular weight excluding hydrogens is 190 g/mol. The standard InChI is InChI=1S/C8H9NO3S/c1-12-7-4-2-3-6-5-9-13(10,11)8(6)7/h2-4,9H,5H2,1H3. The maximum atomic E-state index is 11.4. The number of nitrogens with one attached hydrogen (secondary N) is 1. The largest absolute Gasteiger partial charge is 0.495 e. The number of benzene rings is 1. The lowest BCUT2D eigenvalue weighted by atomic mass is 10.2. The average molecular weight is 199 g/mol. The molecule has 0 unspecified atom stereocenters. The third kappa shape index (κ3) is 1.20. The summed E-state index contributed by atoms with van der Waals surface area (Å²) in [5, 5.41) is 0. The molecule has 0 saturated carbocycles. The van der Waals surface area contributed by atoms with Crippen molar-refractivity contribution in [3.8, 4) is 5.75 Å². The zero-order valence-corrected chi connectivity index (χ0v) is 7.89.